The molecule has 1 saturated heterocycles. The molecule has 9 rings (SSSR count). The molecule has 32 nitrogen and oxygen atoms in total. The van der Waals surface area contributed by atoms with Crippen molar-refractivity contribution in [1.29, 1.82) is 0 Å². The Labute approximate surface area is 711 Å². The van der Waals surface area contributed by atoms with Crippen LogP contribution in [-0.2, 0) is 86.3 Å². The van der Waals surface area contributed by atoms with Crippen LogP contribution in [0.3, 0.4) is 0 Å². The van der Waals surface area contributed by atoms with Crippen LogP contribution in [0, 0.1) is 5.92 Å². The van der Waals surface area contributed by atoms with Crippen molar-refractivity contribution in [3.05, 3.63) is 161 Å². The fourth-order valence-electron chi connectivity index (χ4n) is 14.3. The third-order valence-electron chi connectivity index (χ3n) is 20.5. The van der Waals surface area contributed by atoms with E-state index in [0.717, 1.165) is 55.6 Å². The highest BCUT2D eigenvalue weighted by Crippen LogP contribution is 2.43. The summed E-state index contributed by atoms with van der Waals surface area (Å²) in [6.45, 7) is 13.9. The van der Waals surface area contributed by atoms with Crippen LogP contribution in [0.2, 0.25) is 0 Å². The summed E-state index contributed by atoms with van der Waals surface area (Å²) < 4.78 is 25.2. The molecule has 2 fully saturated rings. The van der Waals surface area contributed by atoms with Gasteiger partial charge in [-0.05, 0) is 125 Å². The number of hydrogen-bond acceptors (Lipinski definition) is 20. The molecule has 121 heavy (non-hydrogen) atoms. The topological polar surface area (TPSA) is 437 Å². The van der Waals surface area contributed by atoms with Gasteiger partial charge in [0.25, 0.3) is 0 Å². The van der Waals surface area contributed by atoms with Gasteiger partial charge in [0.2, 0.25) is 65.0 Å². The van der Waals surface area contributed by atoms with Gasteiger partial charge < -0.3 is 87.4 Å². The fourth-order valence-corrected chi connectivity index (χ4v) is 16.1. The molecule has 12 N–H and O–H groups in total. The Morgan fingerprint density at radius 1 is 0.554 bits per heavy atom. The molecule has 1 saturated carbocycles. The lowest BCUT2D eigenvalue weighted by Crippen LogP contribution is -2.62. The zero-order chi connectivity index (χ0) is 87.5. The Kier molecular flexibility index (Phi) is 34.7. The predicted octanol–water partition coefficient (Wildman–Crippen LogP) is 7.26. The third kappa shape index (κ3) is 27.9. The zero-order valence-electron chi connectivity index (χ0n) is 69.6. The number of thioether (sulfide) groups is 2. The second kappa shape index (κ2) is 45.1. The van der Waals surface area contributed by atoms with Crippen LogP contribution in [0.15, 0.2) is 134 Å². The number of para-hydroxylation sites is 3. The van der Waals surface area contributed by atoms with Crippen LogP contribution in [-0.4, -0.2) is 200 Å². The SMILES string of the molecule is CCC(CC)Oc1ccc(C[C@H](NC(=O)OC(C)(C)C)C(=O)N[C@@H](CSCNC(C)=O)C(=O)N[C@@H](Cc2cn(C(=O)OC3CCCCC3)c3ccccc23)C(=O)N[C@@H](CSCNC(C)=O)C(=O)N[C@H](C(=O)N[C@@H](Cc2ccccc2)C(=O)N2CCC[C@H]2C(=O)N[C@@H](CC(=O)NC2c3ccccc3Oc3ccccc32)C(=O)NCC(=O)O)C(C)C)cc1. The Balaban J connectivity index is 0.995. The number of aromatic nitrogens is 1. The average molecular weight is 1710 g/mol. The largest absolute Gasteiger partial charge is 0.490 e. The lowest BCUT2D eigenvalue weighted by molar-refractivity contribution is -0.143. The summed E-state index contributed by atoms with van der Waals surface area (Å²) in [5.74, 6) is -10.00. The molecule has 2 aliphatic heterocycles. The molecule has 0 bridgehead atoms. The number of carbonyl (C=O) groups excluding carboxylic acids is 13. The van der Waals surface area contributed by atoms with Gasteiger partial charge in [0.1, 0.15) is 83.8 Å². The molecule has 3 aliphatic rings. The van der Waals surface area contributed by atoms with Crippen molar-refractivity contribution >= 4 is 118 Å². The van der Waals surface area contributed by atoms with Gasteiger partial charge in [-0.25, -0.2) is 9.59 Å². The van der Waals surface area contributed by atoms with Crippen molar-refractivity contribution in [3.63, 3.8) is 0 Å². The molecule has 34 heteroatoms. The number of amides is 12. The molecular formula is C87H111N13O19S2. The smallest absolute Gasteiger partial charge is 0.418 e. The lowest BCUT2D eigenvalue weighted by Gasteiger charge is -2.32. The number of benzene rings is 5. The minimum atomic E-state index is -1.68. The van der Waals surface area contributed by atoms with Crippen LogP contribution < -0.4 is 68.0 Å². The van der Waals surface area contributed by atoms with Gasteiger partial charge in [-0.3, -0.25) is 62.1 Å². The van der Waals surface area contributed by atoms with Gasteiger partial charge in [0, 0.05) is 73.9 Å². The van der Waals surface area contributed by atoms with Crippen molar-refractivity contribution in [3.8, 4) is 17.2 Å². The Morgan fingerprint density at radius 3 is 1.68 bits per heavy atom. The molecule has 0 radical (unpaired) electrons. The first-order chi connectivity index (χ1) is 57.8. The standard InChI is InChI=1S/C87H111N13O19S2/c1-10-57(11-2)116-59-38-36-55(37-39-59)41-63(96-85(114)119-87(7,8)9)78(107)94-67(47-120-49-89-52(5)101)80(109)91-64(43-56-46-100(69-32-21-18-29-60(56)69)86(115)117-58-27-16-13-17-28-58)79(108)95-68(48-121-50-90-53(6)102)81(110)98-75(51(3)4)83(112)93-66(42-54-25-14-12-15-26-54)84(113)99-40-24-33-70(99)82(111)92-65(77(106)88-45-74(104)105)44-73(103)97-76-61-30-19-22-34-71(61)118-72-35-23-20-31-62(72)76/h12,14-15,18-23,25-26,29-32,34-39,46,51,57-58,63-68,70,75-76H,10-11,13,16-17,24,27-28,33,40-45,47-50H2,1-9H3,(H,88,106)(H,89,101)(H,90,102)(H,91,109)(H,92,111)(H,93,112)(H,94,107)(H,95,108)(H,96,114)(H,97,103)(H,98,110)(H,104,105)/t63-,64-,65-,66-,67-,68-,70-,75-/m0/s1. The Bertz CT molecular complexity index is 4600. The zero-order valence-corrected chi connectivity index (χ0v) is 71.2. The van der Waals surface area contributed by atoms with Gasteiger partial charge in [-0.2, -0.15) is 0 Å². The number of nitrogens with zero attached hydrogens (tertiary/aromatic N) is 2. The summed E-state index contributed by atoms with van der Waals surface area (Å²) in [4.78, 5) is 200. The van der Waals surface area contributed by atoms with Crippen LogP contribution in [0.25, 0.3) is 10.9 Å². The Hall–Kier alpha value is -11.7. The second-order valence-electron chi connectivity index (χ2n) is 31.4. The molecule has 12 amide bonds. The number of alkyl carbamates (subject to hydrolysis) is 1. The summed E-state index contributed by atoms with van der Waals surface area (Å²) in [5.41, 5.74) is 2.13. The van der Waals surface area contributed by atoms with Crippen molar-refractivity contribution in [2.24, 2.45) is 5.92 Å². The number of rotatable bonds is 40. The summed E-state index contributed by atoms with van der Waals surface area (Å²) in [6, 6.07) is 23.6. The van der Waals surface area contributed by atoms with Gasteiger partial charge in [-0.1, -0.05) is 131 Å². The number of likely N-dealkylation sites (tertiary alicyclic amines) is 1. The van der Waals surface area contributed by atoms with Crippen molar-refractivity contribution in [1.82, 2.24) is 68.0 Å². The minimum Gasteiger partial charge on any atom is -0.490 e. The van der Waals surface area contributed by atoms with E-state index in [1.807, 2.05) is 13.8 Å². The maximum atomic E-state index is 15.7. The van der Waals surface area contributed by atoms with Crippen LogP contribution in [0.5, 0.6) is 17.2 Å². The third-order valence-corrected chi connectivity index (χ3v) is 22.4. The highest BCUT2D eigenvalue weighted by Gasteiger charge is 2.42. The first kappa shape index (κ1) is 93.2. The van der Waals surface area contributed by atoms with E-state index >= 15 is 24.0 Å². The number of carboxylic acid groups (broad SMARTS) is 1. The van der Waals surface area contributed by atoms with E-state index in [9.17, 15) is 48.3 Å². The minimum absolute atomic E-state index is 0.0128. The van der Waals surface area contributed by atoms with E-state index in [2.05, 4.69) is 58.5 Å². The van der Waals surface area contributed by atoms with Crippen molar-refractivity contribution < 1.29 is 91.2 Å². The predicted molar refractivity (Wildman–Crippen MR) is 454 cm³/mol. The second-order valence-corrected chi connectivity index (χ2v) is 33.5. The molecular weight excluding hydrogens is 1600 g/mol. The van der Waals surface area contributed by atoms with Crippen molar-refractivity contribution in [2.75, 3.05) is 36.3 Å². The van der Waals surface area contributed by atoms with E-state index < -0.39 is 162 Å². The van der Waals surface area contributed by atoms with Crippen LogP contribution in [0.1, 0.15) is 160 Å². The number of carbonyl (C=O) groups is 14. The quantitative estimate of drug-likeness (QED) is 0.0133. The van der Waals surface area contributed by atoms with Crippen LogP contribution >= 0.6 is 23.5 Å². The van der Waals surface area contributed by atoms with E-state index in [1.54, 1.807) is 162 Å². The monoisotopic (exact) mass is 1710 g/mol. The van der Waals surface area contributed by atoms with Gasteiger partial charge in [-0.15, -0.1) is 23.5 Å². The number of carboxylic acids is 1. The lowest BCUT2D eigenvalue weighted by atomic mass is 9.94. The molecule has 3 heterocycles. The normalized spacial score (nSPS) is 15.6. The number of hydrogen-bond donors (Lipinski definition) is 12. The molecule has 0 spiro atoms. The Morgan fingerprint density at radius 2 is 1.09 bits per heavy atom. The molecule has 6 aromatic rings. The van der Waals surface area contributed by atoms with Crippen molar-refractivity contribution in [2.45, 2.75) is 218 Å². The number of aliphatic carboxylic acids is 1. The number of fused-ring (bicyclic) bond motifs is 3. The molecule has 1 aromatic heterocycles. The van der Waals surface area contributed by atoms with E-state index in [0.29, 0.717) is 68.8 Å². The maximum absolute atomic E-state index is 15.7. The molecule has 0 unspecified atom stereocenters. The first-order valence-electron chi connectivity index (χ1n) is 40.9. The molecule has 650 valence electrons. The van der Waals surface area contributed by atoms with Crippen LogP contribution in [0.4, 0.5) is 9.59 Å². The highest BCUT2D eigenvalue weighted by molar-refractivity contribution is 7.99. The summed E-state index contributed by atoms with van der Waals surface area (Å²) >= 11 is 2.06. The summed E-state index contributed by atoms with van der Waals surface area (Å²) in [7, 11) is 0. The van der Waals surface area contributed by atoms with Gasteiger partial charge >= 0.3 is 18.2 Å². The highest BCUT2D eigenvalue weighted by atomic mass is 32.2. The number of ether oxygens (including phenoxy) is 4. The summed E-state index contributed by atoms with van der Waals surface area (Å²) in [5, 5.41) is 39.9. The number of nitrogens with one attached hydrogen (secondary N) is 11. The van der Waals surface area contributed by atoms with E-state index in [-0.39, 0.29) is 74.1 Å². The van der Waals surface area contributed by atoms with E-state index in [4.69, 9.17) is 18.9 Å². The fraction of sp³-hybridized carbons (Fsp3) is 0.471. The molecule has 5 aromatic carbocycles. The first-order valence-corrected chi connectivity index (χ1v) is 43.2. The van der Waals surface area contributed by atoms with Gasteiger partial charge in [0.15, 0.2) is 0 Å². The van der Waals surface area contributed by atoms with E-state index in [1.165, 1.54) is 29.5 Å². The summed E-state index contributed by atoms with van der Waals surface area (Å²) in [6.07, 6.45) is 4.03. The average Bonchev–Trinajstić information content (AvgIpc) is 1.70. The molecule has 8 atom stereocenters. The maximum Gasteiger partial charge on any atom is 0.418 e. The molecule has 1 aliphatic carbocycles. The van der Waals surface area contributed by atoms with Gasteiger partial charge in [0.05, 0.1) is 35.8 Å².